The molecule has 3 nitrogen and oxygen atoms in total. The molecule has 3 aromatic rings. The van der Waals surface area contributed by atoms with Crippen LogP contribution in [0.3, 0.4) is 0 Å². The number of aryl methyl sites for hydroxylation is 2. The zero-order chi connectivity index (χ0) is 16.9. The summed E-state index contributed by atoms with van der Waals surface area (Å²) in [6.07, 6.45) is -4.48. The predicted octanol–water partition coefficient (Wildman–Crippen LogP) is 5.36. The van der Waals surface area contributed by atoms with Crippen LogP contribution in [0.1, 0.15) is 17.0 Å². The number of nitrogens with zero attached hydrogens (tertiary/aromatic N) is 3. The van der Waals surface area contributed by atoms with Gasteiger partial charge in [-0.1, -0.05) is 23.2 Å². The summed E-state index contributed by atoms with van der Waals surface area (Å²) in [5, 5.41) is 4.82. The van der Waals surface area contributed by atoms with Crippen LogP contribution >= 0.6 is 23.2 Å². The largest absolute Gasteiger partial charge is 0.417 e. The summed E-state index contributed by atoms with van der Waals surface area (Å²) < 4.78 is 41.3. The van der Waals surface area contributed by atoms with Gasteiger partial charge in [0.1, 0.15) is 0 Å². The van der Waals surface area contributed by atoms with Gasteiger partial charge in [-0.2, -0.15) is 18.3 Å². The Bertz CT molecular complexity index is 916. The van der Waals surface area contributed by atoms with Gasteiger partial charge in [-0.25, -0.2) is 9.67 Å². The summed E-state index contributed by atoms with van der Waals surface area (Å²) in [4.78, 5) is 4.22. The molecule has 0 aliphatic carbocycles. The number of pyridine rings is 1. The van der Waals surface area contributed by atoms with Crippen molar-refractivity contribution in [3.63, 3.8) is 0 Å². The second kappa shape index (κ2) is 5.39. The molecule has 0 saturated heterocycles. The molecule has 0 amide bonds. The van der Waals surface area contributed by atoms with Crippen molar-refractivity contribution in [1.29, 1.82) is 0 Å². The third-order valence-corrected chi connectivity index (χ3v) is 4.13. The van der Waals surface area contributed by atoms with Crippen LogP contribution in [-0.2, 0) is 6.18 Å². The van der Waals surface area contributed by atoms with Crippen molar-refractivity contribution in [3.05, 3.63) is 51.3 Å². The zero-order valence-corrected chi connectivity index (χ0v) is 13.6. The number of hydrogen-bond donors (Lipinski definition) is 0. The predicted molar refractivity (Wildman–Crippen MR) is 83.4 cm³/mol. The highest BCUT2D eigenvalue weighted by atomic mass is 35.5. The molecule has 3 rings (SSSR count). The van der Waals surface area contributed by atoms with Crippen LogP contribution in [0.4, 0.5) is 13.2 Å². The molecule has 0 spiro atoms. The highest BCUT2D eigenvalue weighted by Gasteiger charge is 2.35. The first-order valence-electron chi connectivity index (χ1n) is 6.58. The summed E-state index contributed by atoms with van der Waals surface area (Å²) in [5.41, 5.74) is 0.373. The van der Waals surface area contributed by atoms with E-state index >= 15 is 0 Å². The number of halogens is 5. The third-order valence-electron chi connectivity index (χ3n) is 3.39. The molecule has 0 atom stereocenters. The molecule has 120 valence electrons. The van der Waals surface area contributed by atoms with E-state index in [1.807, 2.05) is 0 Å². The first kappa shape index (κ1) is 16.1. The number of aromatic nitrogens is 3. The monoisotopic (exact) mass is 359 g/mol. The van der Waals surface area contributed by atoms with Crippen LogP contribution in [0.25, 0.3) is 16.7 Å². The SMILES string of the molecule is Cc1cc(C(F)(F)F)c2c(C)nn(-c3ccc(Cl)c(Cl)c3)c2n1. The molecule has 2 heterocycles. The van der Waals surface area contributed by atoms with E-state index < -0.39 is 11.7 Å². The molecule has 23 heavy (non-hydrogen) atoms. The molecular weight excluding hydrogens is 350 g/mol. The Labute approximate surface area is 139 Å². The van der Waals surface area contributed by atoms with Crippen LogP contribution in [0, 0.1) is 13.8 Å². The van der Waals surface area contributed by atoms with E-state index in [0.717, 1.165) is 6.07 Å². The van der Waals surface area contributed by atoms with E-state index in [-0.39, 0.29) is 27.4 Å². The fourth-order valence-corrected chi connectivity index (χ4v) is 2.73. The molecule has 0 radical (unpaired) electrons. The fraction of sp³-hybridized carbons (Fsp3) is 0.200. The maximum Gasteiger partial charge on any atom is 0.417 e. The van der Waals surface area contributed by atoms with E-state index in [4.69, 9.17) is 23.2 Å². The molecule has 0 fully saturated rings. The molecule has 0 N–H and O–H groups in total. The van der Waals surface area contributed by atoms with Gasteiger partial charge in [-0.05, 0) is 38.1 Å². The number of fused-ring (bicyclic) bond motifs is 1. The Hall–Kier alpha value is -1.79. The highest BCUT2D eigenvalue weighted by molar-refractivity contribution is 6.42. The molecule has 0 aliphatic rings. The van der Waals surface area contributed by atoms with Gasteiger partial charge in [0, 0.05) is 5.69 Å². The molecule has 1 aromatic carbocycles. The lowest BCUT2D eigenvalue weighted by molar-refractivity contribution is -0.136. The van der Waals surface area contributed by atoms with Gasteiger partial charge in [0.25, 0.3) is 0 Å². The minimum absolute atomic E-state index is 0.0193. The number of rotatable bonds is 1. The van der Waals surface area contributed by atoms with E-state index in [1.165, 1.54) is 24.6 Å². The van der Waals surface area contributed by atoms with Crippen LogP contribution in [0.2, 0.25) is 10.0 Å². The third kappa shape index (κ3) is 2.77. The van der Waals surface area contributed by atoms with Gasteiger partial charge in [-0.3, -0.25) is 0 Å². The number of benzene rings is 1. The minimum atomic E-state index is -4.48. The summed E-state index contributed by atoms with van der Waals surface area (Å²) in [7, 11) is 0. The van der Waals surface area contributed by atoms with Gasteiger partial charge in [-0.15, -0.1) is 0 Å². The quantitative estimate of drug-likeness (QED) is 0.585. The van der Waals surface area contributed by atoms with Gasteiger partial charge in [0.15, 0.2) is 5.65 Å². The first-order valence-corrected chi connectivity index (χ1v) is 7.33. The van der Waals surface area contributed by atoms with E-state index in [1.54, 1.807) is 12.1 Å². The lowest BCUT2D eigenvalue weighted by Crippen LogP contribution is -2.08. The Morgan fingerprint density at radius 3 is 2.35 bits per heavy atom. The average molecular weight is 360 g/mol. The summed E-state index contributed by atoms with van der Waals surface area (Å²) in [6, 6.07) is 5.74. The van der Waals surface area contributed by atoms with Gasteiger partial charge in [0.2, 0.25) is 0 Å². The molecule has 2 aromatic heterocycles. The average Bonchev–Trinajstić information content (AvgIpc) is 2.77. The van der Waals surface area contributed by atoms with E-state index in [0.29, 0.717) is 10.7 Å². The van der Waals surface area contributed by atoms with Crippen LogP contribution in [0.15, 0.2) is 24.3 Å². The van der Waals surface area contributed by atoms with Crippen LogP contribution in [-0.4, -0.2) is 14.8 Å². The van der Waals surface area contributed by atoms with Gasteiger partial charge >= 0.3 is 6.18 Å². The molecule has 0 aliphatic heterocycles. The number of alkyl halides is 3. The van der Waals surface area contributed by atoms with Crippen molar-refractivity contribution in [2.24, 2.45) is 0 Å². The highest BCUT2D eigenvalue weighted by Crippen LogP contribution is 2.37. The van der Waals surface area contributed by atoms with Gasteiger partial charge < -0.3 is 0 Å². The normalized spacial score (nSPS) is 12.1. The topological polar surface area (TPSA) is 30.7 Å². The van der Waals surface area contributed by atoms with Crippen molar-refractivity contribution >= 4 is 34.2 Å². The molecule has 0 unspecified atom stereocenters. The van der Waals surface area contributed by atoms with E-state index in [9.17, 15) is 13.2 Å². The summed E-state index contributed by atoms with van der Waals surface area (Å²) in [6.45, 7) is 3.03. The molecule has 0 saturated carbocycles. The lowest BCUT2D eigenvalue weighted by atomic mass is 10.1. The standard InChI is InChI=1S/C15H10Cl2F3N3/c1-7-5-10(15(18,19)20)13-8(2)22-23(14(13)21-7)9-3-4-11(16)12(17)6-9/h3-6H,1-2H3. The molecule has 8 heteroatoms. The Kier molecular flexibility index (Phi) is 3.77. The smallest absolute Gasteiger partial charge is 0.233 e. The van der Waals surface area contributed by atoms with Crippen LogP contribution in [0.5, 0.6) is 0 Å². The second-order valence-corrected chi connectivity index (χ2v) is 5.92. The van der Waals surface area contributed by atoms with Crippen LogP contribution < -0.4 is 0 Å². The number of hydrogen-bond acceptors (Lipinski definition) is 2. The minimum Gasteiger partial charge on any atom is -0.233 e. The Morgan fingerprint density at radius 2 is 1.74 bits per heavy atom. The van der Waals surface area contributed by atoms with Gasteiger partial charge in [0.05, 0.1) is 32.4 Å². The molecule has 0 bridgehead atoms. The van der Waals surface area contributed by atoms with Crippen molar-refractivity contribution < 1.29 is 13.2 Å². The lowest BCUT2D eigenvalue weighted by Gasteiger charge is -2.10. The second-order valence-electron chi connectivity index (χ2n) is 5.10. The Balaban J connectivity index is 2.36. The molecular formula is C15H10Cl2F3N3. The van der Waals surface area contributed by atoms with Crippen molar-refractivity contribution in [2.75, 3.05) is 0 Å². The fourth-order valence-electron chi connectivity index (χ4n) is 2.43. The van der Waals surface area contributed by atoms with Crippen molar-refractivity contribution in [3.8, 4) is 5.69 Å². The summed E-state index contributed by atoms with van der Waals surface area (Å²) in [5.74, 6) is 0. The summed E-state index contributed by atoms with van der Waals surface area (Å²) >= 11 is 11.9. The Morgan fingerprint density at radius 1 is 1.04 bits per heavy atom. The zero-order valence-electron chi connectivity index (χ0n) is 12.0. The van der Waals surface area contributed by atoms with Crippen molar-refractivity contribution in [2.45, 2.75) is 20.0 Å². The van der Waals surface area contributed by atoms with E-state index in [2.05, 4.69) is 10.1 Å². The maximum absolute atomic E-state index is 13.3. The van der Waals surface area contributed by atoms with Crippen molar-refractivity contribution in [1.82, 2.24) is 14.8 Å². The maximum atomic E-state index is 13.3. The first-order chi connectivity index (χ1) is 10.7.